The fraction of sp³-hybridized carbons (Fsp3) is 0.250. The van der Waals surface area contributed by atoms with Gasteiger partial charge in [-0.3, -0.25) is 4.84 Å². The summed E-state index contributed by atoms with van der Waals surface area (Å²) in [7, 11) is -2.23. The molecular formula is C8H10BrNO4S. The van der Waals surface area contributed by atoms with E-state index in [0.29, 0.717) is 0 Å². The number of rotatable bonds is 5. The van der Waals surface area contributed by atoms with Crippen molar-refractivity contribution in [2.45, 2.75) is 4.90 Å². The number of ether oxygens (including phenoxy) is 1. The lowest BCUT2D eigenvalue weighted by Crippen LogP contribution is -2.24. The number of hydrogen-bond acceptors (Lipinski definition) is 4. The van der Waals surface area contributed by atoms with Crippen molar-refractivity contribution in [2.24, 2.45) is 0 Å². The molecular weight excluding hydrogens is 286 g/mol. The zero-order chi connectivity index (χ0) is 11.3. The largest absolute Gasteiger partial charge is 0.357 e. The monoisotopic (exact) mass is 295 g/mol. The molecule has 0 atom stereocenters. The molecule has 0 amide bonds. The second kappa shape index (κ2) is 5.57. The van der Waals surface area contributed by atoms with Gasteiger partial charge in [0.25, 0.3) is 10.0 Å². The smallest absolute Gasteiger partial charge is 0.262 e. The Hall–Kier alpha value is -0.470. The molecule has 0 aliphatic carbocycles. The minimum absolute atomic E-state index is 0.127. The van der Waals surface area contributed by atoms with Crippen LogP contribution in [0, 0.1) is 0 Å². The first kappa shape index (κ1) is 12.6. The molecule has 0 saturated carbocycles. The fourth-order valence-corrected chi connectivity index (χ4v) is 1.88. The van der Waals surface area contributed by atoms with E-state index in [1.54, 1.807) is 12.1 Å². The lowest BCUT2D eigenvalue weighted by Gasteiger charge is -2.05. The Balaban J connectivity index is 2.73. The molecule has 0 unspecified atom stereocenters. The summed E-state index contributed by atoms with van der Waals surface area (Å²) in [6.45, 7) is -0.143. The van der Waals surface area contributed by atoms with E-state index < -0.39 is 10.0 Å². The first-order valence-electron chi connectivity index (χ1n) is 3.94. The average Bonchev–Trinajstić information content (AvgIpc) is 2.18. The molecule has 0 aliphatic rings. The highest BCUT2D eigenvalue weighted by atomic mass is 79.9. The third kappa shape index (κ3) is 3.88. The van der Waals surface area contributed by atoms with Crippen LogP contribution in [0.1, 0.15) is 0 Å². The van der Waals surface area contributed by atoms with Gasteiger partial charge in [-0.15, -0.1) is 0 Å². The van der Waals surface area contributed by atoms with E-state index in [2.05, 4.69) is 25.5 Å². The molecule has 5 nitrogen and oxygen atoms in total. The SMILES string of the molecule is COCONS(=O)(=O)c1ccc(Br)cc1. The van der Waals surface area contributed by atoms with Crippen molar-refractivity contribution in [3.05, 3.63) is 28.7 Å². The van der Waals surface area contributed by atoms with Crippen LogP contribution >= 0.6 is 15.9 Å². The van der Waals surface area contributed by atoms with Crippen molar-refractivity contribution >= 4 is 26.0 Å². The normalized spacial score (nSPS) is 11.6. The Labute approximate surface area is 96.5 Å². The second-order valence-electron chi connectivity index (χ2n) is 2.59. The molecule has 0 fully saturated rings. The zero-order valence-electron chi connectivity index (χ0n) is 7.94. The lowest BCUT2D eigenvalue weighted by molar-refractivity contribution is -0.0540. The highest BCUT2D eigenvalue weighted by Gasteiger charge is 2.13. The summed E-state index contributed by atoms with van der Waals surface area (Å²) < 4.78 is 28.4. The van der Waals surface area contributed by atoms with Gasteiger partial charge in [0.15, 0.2) is 6.79 Å². The van der Waals surface area contributed by atoms with Crippen molar-refractivity contribution in [1.82, 2.24) is 4.89 Å². The molecule has 0 aromatic heterocycles. The molecule has 0 aliphatic heterocycles. The quantitative estimate of drug-likeness (QED) is 0.505. The summed E-state index contributed by atoms with van der Waals surface area (Å²) in [6.07, 6.45) is 0. The molecule has 0 radical (unpaired) electrons. The van der Waals surface area contributed by atoms with Crippen LogP contribution in [-0.2, 0) is 19.6 Å². The van der Waals surface area contributed by atoms with Gasteiger partial charge in [0.2, 0.25) is 0 Å². The molecule has 1 N–H and O–H groups in total. The van der Waals surface area contributed by atoms with E-state index in [0.717, 1.165) is 4.47 Å². The number of hydrogen-bond donors (Lipinski definition) is 1. The first-order chi connectivity index (χ1) is 7.06. The lowest BCUT2D eigenvalue weighted by atomic mass is 10.4. The Bertz CT molecular complexity index is 403. The highest BCUT2D eigenvalue weighted by Crippen LogP contribution is 2.14. The third-order valence-corrected chi connectivity index (χ3v) is 3.23. The summed E-state index contributed by atoms with van der Waals surface area (Å²) in [5.41, 5.74) is 0. The molecule has 0 bridgehead atoms. The minimum Gasteiger partial charge on any atom is -0.357 e. The second-order valence-corrected chi connectivity index (χ2v) is 5.15. The predicted octanol–water partition coefficient (Wildman–Crippen LogP) is 1.26. The average molecular weight is 296 g/mol. The van der Waals surface area contributed by atoms with Gasteiger partial charge in [-0.2, -0.15) is 0 Å². The standard InChI is InChI=1S/C8H10BrNO4S/c1-13-6-14-10-15(11,12)8-4-2-7(9)3-5-8/h2-5,10H,6H2,1H3. The summed E-state index contributed by atoms with van der Waals surface area (Å²) in [5.74, 6) is 0. The van der Waals surface area contributed by atoms with Crippen LogP contribution in [0.3, 0.4) is 0 Å². The van der Waals surface area contributed by atoms with Gasteiger partial charge in [-0.1, -0.05) is 20.8 Å². The summed E-state index contributed by atoms with van der Waals surface area (Å²) in [4.78, 5) is 6.61. The highest BCUT2D eigenvalue weighted by molar-refractivity contribution is 9.10. The number of methoxy groups -OCH3 is 1. The maximum Gasteiger partial charge on any atom is 0.262 e. The van der Waals surface area contributed by atoms with Gasteiger partial charge in [-0.25, -0.2) is 8.42 Å². The molecule has 1 aromatic rings. The maximum absolute atomic E-state index is 11.5. The predicted molar refractivity (Wildman–Crippen MR) is 57.4 cm³/mol. The summed E-state index contributed by atoms with van der Waals surface area (Å²) in [6, 6.07) is 6.18. The van der Waals surface area contributed by atoms with Crippen molar-refractivity contribution in [1.29, 1.82) is 0 Å². The van der Waals surface area contributed by atoms with Gasteiger partial charge in [0, 0.05) is 11.6 Å². The third-order valence-electron chi connectivity index (χ3n) is 1.47. The van der Waals surface area contributed by atoms with E-state index >= 15 is 0 Å². The van der Waals surface area contributed by atoms with E-state index in [9.17, 15) is 8.42 Å². The van der Waals surface area contributed by atoms with E-state index in [1.165, 1.54) is 19.2 Å². The topological polar surface area (TPSA) is 64.6 Å². The van der Waals surface area contributed by atoms with Crippen LogP contribution in [-0.4, -0.2) is 22.3 Å². The molecule has 7 heteroatoms. The van der Waals surface area contributed by atoms with Gasteiger partial charge < -0.3 is 4.74 Å². The van der Waals surface area contributed by atoms with Crippen molar-refractivity contribution < 1.29 is 18.0 Å². The van der Waals surface area contributed by atoms with Crippen LogP contribution in [0.4, 0.5) is 0 Å². The Kier molecular flexibility index (Phi) is 4.68. The van der Waals surface area contributed by atoms with Crippen molar-refractivity contribution in [3.8, 4) is 0 Å². The molecule has 1 rings (SSSR count). The summed E-state index contributed by atoms with van der Waals surface area (Å²) in [5, 5.41) is 0. The number of benzene rings is 1. The first-order valence-corrected chi connectivity index (χ1v) is 6.22. The Morgan fingerprint density at radius 2 is 1.93 bits per heavy atom. The van der Waals surface area contributed by atoms with Gasteiger partial charge >= 0.3 is 0 Å². The Morgan fingerprint density at radius 1 is 1.33 bits per heavy atom. The minimum atomic E-state index is -3.62. The fourth-order valence-electron chi connectivity index (χ4n) is 0.822. The van der Waals surface area contributed by atoms with Crippen molar-refractivity contribution in [3.63, 3.8) is 0 Å². The van der Waals surface area contributed by atoms with E-state index in [4.69, 9.17) is 0 Å². The van der Waals surface area contributed by atoms with Crippen LogP contribution in [0.5, 0.6) is 0 Å². The maximum atomic E-state index is 11.5. The van der Waals surface area contributed by atoms with Crippen LogP contribution in [0.2, 0.25) is 0 Å². The van der Waals surface area contributed by atoms with Gasteiger partial charge in [0.05, 0.1) is 4.90 Å². The van der Waals surface area contributed by atoms with E-state index in [-0.39, 0.29) is 11.7 Å². The van der Waals surface area contributed by atoms with Crippen molar-refractivity contribution in [2.75, 3.05) is 13.9 Å². The molecule has 1 aromatic carbocycles. The number of nitrogens with one attached hydrogen (secondary N) is 1. The van der Waals surface area contributed by atoms with E-state index in [1.807, 2.05) is 4.89 Å². The molecule has 0 spiro atoms. The summed E-state index contributed by atoms with van der Waals surface area (Å²) >= 11 is 3.21. The molecule has 15 heavy (non-hydrogen) atoms. The number of sulfonamides is 1. The Morgan fingerprint density at radius 3 is 2.47 bits per heavy atom. The van der Waals surface area contributed by atoms with Gasteiger partial charge in [-0.05, 0) is 24.3 Å². The van der Waals surface area contributed by atoms with Crippen LogP contribution < -0.4 is 4.89 Å². The molecule has 0 saturated heterocycles. The van der Waals surface area contributed by atoms with Crippen LogP contribution in [0.15, 0.2) is 33.6 Å². The number of halogens is 1. The van der Waals surface area contributed by atoms with Crippen LogP contribution in [0.25, 0.3) is 0 Å². The molecule has 0 heterocycles. The van der Waals surface area contributed by atoms with Gasteiger partial charge in [0.1, 0.15) is 0 Å². The zero-order valence-corrected chi connectivity index (χ0v) is 10.3. The molecule has 84 valence electrons.